The van der Waals surface area contributed by atoms with Crippen LogP contribution < -0.4 is 18.9 Å². The zero-order valence-corrected chi connectivity index (χ0v) is 20.7. The van der Waals surface area contributed by atoms with Crippen molar-refractivity contribution in [3.05, 3.63) is 48.5 Å². The lowest BCUT2D eigenvalue weighted by Crippen LogP contribution is -2.11. The maximum atomic E-state index is 11.6. The Balaban J connectivity index is 1.63. The molecule has 6 nitrogen and oxygen atoms in total. The van der Waals surface area contributed by atoms with E-state index >= 15 is 0 Å². The van der Waals surface area contributed by atoms with E-state index in [4.69, 9.17) is 65.4 Å². The molecule has 0 bridgehead atoms. The van der Waals surface area contributed by atoms with Gasteiger partial charge in [0, 0.05) is 12.1 Å². The minimum Gasteiger partial charge on any atom is -0.493 e. The molecule has 0 amide bonds. The predicted molar refractivity (Wildman–Crippen MR) is 129 cm³/mol. The molecular weight excluding hydrogens is 514 g/mol. The highest BCUT2D eigenvalue weighted by molar-refractivity contribution is 6.45. The summed E-state index contributed by atoms with van der Waals surface area (Å²) in [6, 6.07) is 13.6. The molecule has 0 N–H and O–H groups in total. The Morgan fingerprint density at radius 2 is 1.03 bits per heavy atom. The standard InChI is InChI=1S/C23H24Cl4O6/c24-20(25)14-22(28)32-18-8-4-6-16(12-18)30-10-2-1-3-11-31-17-7-5-9-19(13-17)33-23(29)15-21(26)27/h4-9,12-13,20-21H,1-3,10-11,14-15H2. The zero-order valence-electron chi connectivity index (χ0n) is 17.7. The summed E-state index contributed by atoms with van der Waals surface area (Å²) in [4.78, 5) is 21.6. The van der Waals surface area contributed by atoms with E-state index in [1.54, 1.807) is 48.5 Å². The van der Waals surface area contributed by atoms with Gasteiger partial charge in [-0.1, -0.05) is 12.1 Å². The van der Waals surface area contributed by atoms with Crippen molar-refractivity contribution in [1.82, 2.24) is 0 Å². The second kappa shape index (κ2) is 15.1. The quantitative estimate of drug-likeness (QED) is 0.118. The van der Waals surface area contributed by atoms with Crippen LogP contribution in [0.3, 0.4) is 0 Å². The Morgan fingerprint density at radius 1 is 0.636 bits per heavy atom. The van der Waals surface area contributed by atoms with E-state index in [2.05, 4.69) is 0 Å². The topological polar surface area (TPSA) is 71.1 Å². The van der Waals surface area contributed by atoms with Crippen molar-refractivity contribution in [1.29, 1.82) is 0 Å². The first-order chi connectivity index (χ1) is 15.8. The van der Waals surface area contributed by atoms with Crippen molar-refractivity contribution < 1.29 is 28.5 Å². The van der Waals surface area contributed by atoms with Crippen LogP contribution in [0.15, 0.2) is 48.5 Å². The number of benzene rings is 2. The first-order valence-corrected chi connectivity index (χ1v) is 12.0. The van der Waals surface area contributed by atoms with E-state index in [1.165, 1.54) is 0 Å². The molecule has 0 spiro atoms. The van der Waals surface area contributed by atoms with E-state index in [-0.39, 0.29) is 12.8 Å². The van der Waals surface area contributed by atoms with Gasteiger partial charge in [-0.2, -0.15) is 0 Å². The molecule has 180 valence electrons. The number of halogens is 4. The number of unbranched alkanes of at least 4 members (excludes halogenated alkanes) is 2. The van der Waals surface area contributed by atoms with Gasteiger partial charge >= 0.3 is 11.9 Å². The number of alkyl halides is 4. The van der Waals surface area contributed by atoms with Crippen molar-refractivity contribution >= 4 is 58.3 Å². The van der Waals surface area contributed by atoms with Crippen LogP contribution in [0.4, 0.5) is 0 Å². The van der Waals surface area contributed by atoms with Crippen molar-refractivity contribution in [2.45, 2.75) is 41.8 Å². The monoisotopic (exact) mass is 536 g/mol. The number of esters is 2. The maximum Gasteiger partial charge on any atom is 0.313 e. The van der Waals surface area contributed by atoms with Crippen molar-refractivity contribution in [3.63, 3.8) is 0 Å². The fraction of sp³-hybridized carbons (Fsp3) is 0.391. The summed E-state index contributed by atoms with van der Waals surface area (Å²) in [6.07, 6.45) is 2.36. The van der Waals surface area contributed by atoms with Crippen LogP contribution in [0.2, 0.25) is 0 Å². The van der Waals surface area contributed by atoms with Crippen LogP contribution in [0, 0.1) is 0 Å². The summed E-state index contributed by atoms with van der Waals surface area (Å²) < 4.78 is 21.7. The van der Waals surface area contributed by atoms with E-state index in [0.29, 0.717) is 36.2 Å². The molecule has 10 heteroatoms. The molecule has 0 aliphatic carbocycles. The maximum absolute atomic E-state index is 11.6. The lowest BCUT2D eigenvalue weighted by atomic mass is 10.2. The largest absolute Gasteiger partial charge is 0.493 e. The van der Waals surface area contributed by atoms with Gasteiger partial charge in [0.25, 0.3) is 0 Å². The number of hydrogen-bond acceptors (Lipinski definition) is 6. The molecule has 0 fully saturated rings. The molecule has 0 aliphatic rings. The molecule has 2 rings (SSSR count). The van der Waals surface area contributed by atoms with Gasteiger partial charge in [-0.25, -0.2) is 0 Å². The zero-order chi connectivity index (χ0) is 24.1. The first-order valence-electron chi connectivity index (χ1n) is 10.2. The van der Waals surface area contributed by atoms with Crippen LogP contribution in [0.25, 0.3) is 0 Å². The second-order valence-electron chi connectivity index (χ2n) is 6.85. The van der Waals surface area contributed by atoms with Crippen LogP contribution in [0.1, 0.15) is 32.1 Å². The van der Waals surface area contributed by atoms with Gasteiger partial charge in [0.15, 0.2) is 0 Å². The molecule has 0 atom stereocenters. The summed E-state index contributed by atoms with van der Waals surface area (Å²) in [5, 5.41) is 0. The fourth-order valence-electron chi connectivity index (χ4n) is 2.61. The summed E-state index contributed by atoms with van der Waals surface area (Å²) in [5.41, 5.74) is 0. The number of carbonyl (C=O) groups excluding carboxylic acids is 2. The van der Waals surface area contributed by atoms with Crippen molar-refractivity contribution in [3.8, 4) is 23.0 Å². The van der Waals surface area contributed by atoms with Gasteiger partial charge in [0.05, 0.1) is 26.1 Å². The average molecular weight is 538 g/mol. The number of hydrogen-bond donors (Lipinski definition) is 0. The SMILES string of the molecule is O=C(CC(Cl)Cl)Oc1cccc(OCCCCCOc2cccc(OC(=O)CC(Cl)Cl)c2)c1. The molecule has 0 saturated heterocycles. The second-order valence-corrected chi connectivity index (χ2v) is 9.40. The molecule has 0 aromatic heterocycles. The number of ether oxygens (including phenoxy) is 4. The van der Waals surface area contributed by atoms with E-state index in [0.717, 1.165) is 19.3 Å². The van der Waals surface area contributed by atoms with E-state index in [9.17, 15) is 9.59 Å². The molecule has 0 unspecified atom stereocenters. The molecule has 0 heterocycles. The minimum absolute atomic E-state index is 0.0891. The third kappa shape index (κ3) is 12.2. The third-order valence-electron chi connectivity index (χ3n) is 4.04. The normalized spacial score (nSPS) is 10.8. The van der Waals surface area contributed by atoms with Gasteiger partial charge in [-0.15, -0.1) is 46.4 Å². The molecule has 0 radical (unpaired) electrons. The molecule has 2 aromatic carbocycles. The Hall–Kier alpha value is -1.86. The highest BCUT2D eigenvalue weighted by atomic mass is 35.5. The van der Waals surface area contributed by atoms with Crippen LogP contribution in [0.5, 0.6) is 23.0 Å². The van der Waals surface area contributed by atoms with Crippen molar-refractivity contribution in [2.75, 3.05) is 13.2 Å². The van der Waals surface area contributed by atoms with Gasteiger partial charge < -0.3 is 18.9 Å². The van der Waals surface area contributed by atoms with Crippen molar-refractivity contribution in [2.24, 2.45) is 0 Å². The Kier molecular flexibility index (Phi) is 12.5. The van der Waals surface area contributed by atoms with Gasteiger partial charge in [0.2, 0.25) is 0 Å². The highest BCUT2D eigenvalue weighted by Gasteiger charge is 2.12. The molecule has 2 aromatic rings. The lowest BCUT2D eigenvalue weighted by molar-refractivity contribution is -0.135. The minimum atomic E-state index is -0.803. The molecule has 33 heavy (non-hydrogen) atoms. The summed E-state index contributed by atoms with van der Waals surface area (Å²) in [7, 11) is 0. The predicted octanol–water partition coefficient (Wildman–Crippen LogP) is 6.51. The summed E-state index contributed by atoms with van der Waals surface area (Å²) in [6.45, 7) is 1.02. The molecule has 0 aliphatic heterocycles. The smallest absolute Gasteiger partial charge is 0.313 e. The Bertz CT molecular complexity index is 819. The van der Waals surface area contributed by atoms with Crippen LogP contribution in [-0.2, 0) is 9.59 Å². The van der Waals surface area contributed by atoms with E-state index < -0.39 is 21.6 Å². The van der Waals surface area contributed by atoms with E-state index in [1.807, 2.05) is 0 Å². The highest BCUT2D eigenvalue weighted by Crippen LogP contribution is 2.22. The average Bonchev–Trinajstić information content (AvgIpc) is 2.72. The number of rotatable bonds is 14. The van der Waals surface area contributed by atoms with Crippen LogP contribution in [-0.4, -0.2) is 34.8 Å². The van der Waals surface area contributed by atoms with Crippen LogP contribution >= 0.6 is 46.4 Å². The lowest BCUT2D eigenvalue weighted by Gasteiger charge is -2.10. The Morgan fingerprint density at radius 3 is 1.42 bits per heavy atom. The molecule has 0 saturated carbocycles. The van der Waals surface area contributed by atoms with Gasteiger partial charge in [-0.05, 0) is 43.5 Å². The summed E-state index contributed by atoms with van der Waals surface area (Å²) in [5.74, 6) is 0.933. The number of carbonyl (C=O) groups is 2. The van der Waals surface area contributed by atoms with Gasteiger partial charge in [0.1, 0.15) is 32.7 Å². The molecular formula is C23H24Cl4O6. The van der Waals surface area contributed by atoms with Gasteiger partial charge in [-0.3, -0.25) is 9.59 Å². The third-order valence-corrected chi connectivity index (χ3v) is 4.66. The fourth-order valence-corrected chi connectivity index (χ4v) is 3.12. The summed E-state index contributed by atoms with van der Waals surface area (Å²) >= 11 is 22.3. The first kappa shape index (κ1) is 27.4. The Labute approximate surface area is 212 Å².